The molecule has 0 spiro atoms. The molecule has 0 heterocycles. The van der Waals surface area contributed by atoms with Crippen molar-refractivity contribution in [1.82, 2.24) is 10.6 Å². The fourth-order valence-corrected chi connectivity index (χ4v) is 4.28. The van der Waals surface area contributed by atoms with E-state index >= 15 is 0 Å². The summed E-state index contributed by atoms with van der Waals surface area (Å²) in [6.45, 7) is 0.811. The molecular formula is C30H26BrN3O3S. The average molecular weight is 589 g/mol. The van der Waals surface area contributed by atoms with Crippen molar-refractivity contribution in [3.05, 3.63) is 130 Å². The van der Waals surface area contributed by atoms with E-state index in [4.69, 9.17) is 17.0 Å². The molecule has 8 heteroatoms. The molecule has 4 aromatic carbocycles. The van der Waals surface area contributed by atoms with E-state index in [1.807, 2.05) is 66.7 Å². The molecule has 0 saturated heterocycles. The number of amides is 2. The number of hydrogen-bond acceptors (Lipinski definition) is 4. The minimum Gasteiger partial charge on any atom is -0.492 e. The zero-order chi connectivity index (χ0) is 26.7. The summed E-state index contributed by atoms with van der Waals surface area (Å²) in [5.41, 5.74) is 3.37. The van der Waals surface area contributed by atoms with Crippen molar-refractivity contribution in [3.8, 4) is 5.75 Å². The van der Waals surface area contributed by atoms with Crippen molar-refractivity contribution in [2.45, 2.75) is 13.0 Å². The van der Waals surface area contributed by atoms with Crippen LogP contribution in [0.1, 0.15) is 31.8 Å². The molecule has 0 atom stereocenters. The topological polar surface area (TPSA) is 79.5 Å². The van der Waals surface area contributed by atoms with Crippen LogP contribution < -0.4 is 20.7 Å². The van der Waals surface area contributed by atoms with Gasteiger partial charge in [-0.25, -0.2) is 0 Å². The zero-order valence-electron chi connectivity index (χ0n) is 20.4. The molecule has 0 unspecified atom stereocenters. The Labute approximate surface area is 235 Å². The molecule has 4 rings (SSSR count). The molecule has 0 aliphatic rings. The molecular weight excluding hydrogens is 562 g/mol. The van der Waals surface area contributed by atoms with Crippen molar-refractivity contribution < 1.29 is 14.3 Å². The van der Waals surface area contributed by atoms with E-state index in [1.165, 1.54) is 0 Å². The third kappa shape index (κ3) is 7.74. The van der Waals surface area contributed by atoms with Crippen molar-refractivity contribution in [2.75, 3.05) is 11.9 Å². The summed E-state index contributed by atoms with van der Waals surface area (Å²) < 4.78 is 6.67. The second-order valence-electron chi connectivity index (χ2n) is 8.35. The van der Waals surface area contributed by atoms with Crippen LogP contribution in [0.4, 0.5) is 5.69 Å². The van der Waals surface area contributed by atoms with E-state index in [0.29, 0.717) is 42.1 Å². The highest BCUT2D eigenvalue weighted by atomic mass is 79.9. The van der Waals surface area contributed by atoms with Crippen LogP contribution in [0, 0.1) is 0 Å². The third-order valence-electron chi connectivity index (χ3n) is 5.62. The molecule has 192 valence electrons. The van der Waals surface area contributed by atoms with Crippen LogP contribution in [0.25, 0.3) is 0 Å². The van der Waals surface area contributed by atoms with Crippen LogP contribution >= 0.6 is 28.1 Å². The predicted octanol–water partition coefficient (Wildman–Crippen LogP) is 6.13. The molecule has 2 amide bonds. The molecule has 0 aromatic heterocycles. The normalized spacial score (nSPS) is 10.3. The van der Waals surface area contributed by atoms with E-state index in [9.17, 15) is 9.59 Å². The SMILES string of the molecule is O=C(NCc1ccccc1)c1ccccc1NC(=S)NC(=O)c1cc(Br)ccc1OCCc1ccccc1. The van der Waals surface area contributed by atoms with Crippen LogP contribution in [0.15, 0.2) is 108 Å². The van der Waals surface area contributed by atoms with Gasteiger partial charge < -0.3 is 15.4 Å². The predicted molar refractivity (Wildman–Crippen MR) is 158 cm³/mol. The van der Waals surface area contributed by atoms with Crippen LogP contribution in [0.5, 0.6) is 5.75 Å². The van der Waals surface area contributed by atoms with Crippen molar-refractivity contribution in [2.24, 2.45) is 0 Å². The Morgan fingerprint density at radius 2 is 1.42 bits per heavy atom. The largest absolute Gasteiger partial charge is 0.492 e. The van der Waals surface area contributed by atoms with Crippen molar-refractivity contribution in [1.29, 1.82) is 0 Å². The lowest BCUT2D eigenvalue weighted by Gasteiger charge is -2.15. The Hall–Kier alpha value is -4.01. The van der Waals surface area contributed by atoms with E-state index in [2.05, 4.69) is 31.9 Å². The molecule has 6 nitrogen and oxygen atoms in total. The number of anilines is 1. The van der Waals surface area contributed by atoms with Gasteiger partial charge in [0.15, 0.2) is 5.11 Å². The van der Waals surface area contributed by atoms with Crippen LogP contribution in [-0.2, 0) is 13.0 Å². The van der Waals surface area contributed by atoms with Gasteiger partial charge in [0.1, 0.15) is 5.75 Å². The first-order chi connectivity index (χ1) is 18.5. The van der Waals surface area contributed by atoms with Gasteiger partial charge in [-0.2, -0.15) is 0 Å². The van der Waals surface area contributed by atoms with Gasteiger partial charge in [-0.05, 0) is 53.7 Å². The molecule has 0 saturated carbocycles. The fraction of sp³-hybridized carbons (Fsp3) is 0.100. The van der Waals surface area contributed by atoms with Gasteiger partial charge in [-0.3, -0.25) is 14.9 Å². The Morgan fingerprint density at radius 3 is 2.16 bits per heavy atom. The van der Waals surface area contributed by atoms with Crippen LogP contribution in [-0.4, -0.2) is 23.5 Å². The van der Waals surface area contributed by atoms with Gasteiger partial charge in [0.2, 0.25) is 0 Å². The van der Waals surface area contributed by atoms with Crippen LogP contribution in [0.3, 0.4) is 0 Å². The third-order valence-corrected chi connectivity index (χ3v) is 6.32. The zero-order valence-corrected chi connectivity index (χ0v) is 22.8. The number of para-hydroxylation sites is 1. The molecule has 0 fully saturated rings. The first kappa shape index (κ1) is 27.0. The minimum atomic E-state index is -0.426. The number of carbonyl (C=O) groups excluding carboxylic acids is 2. The number of rotatable bonds is 9. The first-order valence-corrected chi connectivity index (χ1v) is 13.2. The number of thiocarbonyl (C=S) groups is 1. The van der Waals surface area contributed by atoms with Gasteiger partial charge in [0.05, 0.1) is 23.4 Å². The van der Waals surface area contributed by atoms with Gasteiger partial charge in [0, 0.05) is 17.4 Å². The molecule has 0 bridgehead atoms. The summed E-state index contributed by atoms with van der Waals surface area (Å²) in [6.07, 6.45) is 0.709. The maximum atomic E-state index is 13.1. The van der Waals surface area contributed by atoms with Gasteiger partial charge in [0.25, 0.3) is 11.8 Å². The van der Waals surface area contributed by atoms with Gasteiger partial charge >= 0.3 is 0 Å². The molecule has 0 radical (unpaired) electrons. The lowest BCUT2D eigenvalue weighted by Crippen LogP contribution is -2.35. The second-order valence-corrected chi connectivity index (χ2v) is 9.67. The Morgan fingerprint density at radius 1 is 0.763 bits per heavy atom. The Bertz CT molecular complexity index is 1410. The van der Waals surface area contributed by atoms with Crippen LogP contribution in [0.2, 0.25) is 0 Å². The number of carbonyl (C=O) groups is 2. The quantitative estimate of drug-likeness (QED) is 0.205. The number of halogens is 1. The molecule has 4 aromatic rings. The maximum absolute atomic E-state index is 13.1. The molecule has 3 N–H and O–H groups in total. The second kappa shape index (κ2) is 13.5. The number of hydrogen-bond donors (Lipinski definition) is 3. The van der Waals surface area contributed by atoms with E-state index in [1.54, 1.807) is 36.4 Å². The smallest absolute Gasteiger partial charge is 0.261 e. The summed E-state index contributed by atoms with van der Waals surface area (Å²) in [5.74, 6) is -0.234. The first-order valence-electron chi connectivity index (χ1n) is 12.0. The highest BCUT2D eigenvalue weighted by molar-refractivity contribution is 9.10. The number of nitrogens with one attached hydrogen (secondary N) is 3. The fourth-order valence-electron chi connectivity index (χ4n) is 3.72. The number of ether oxygens (including phenoxy) is 1. The monoisotopic (exact) mass is 587 g/mol. The Balaban J connectivity index is 1.38. The van der Waals surface area contributed by atoms with E-state index < -0.39 is 5.91 Å². The summed E-state index contributed by atoms with van der Waals surface area (Å²) in [7, 11) is 0. The standard InChI is InChI=1S/C30H26BrN3O3S/c31-23-15-16-27(37-18-17-21-9-3-1-4-10-21)25(19-23)29(36)34-30(38)33-26-14-8-7-13-24(26)28(35)32-20-22-11-5-2-6-12-22/h1-16,19H,17-18,20H2,(H,32,35)(H2,33,34,36,38). The average Bonchev–Trinajstić information content (AvgIpc) is 2.94. The summed E-state index contributed by atoms with van der Waals surface area (Å²) >= 11 is 8.82. The Kier molecular flexibility index (Phi) is 9.61. The van der Waals surface area contributed by atoms with Gasteiger partial charge in [-0.1, -0.05) is 88.7 Å². The number of benzene rings is 4. The minimum absolute atomic E-state index is 0.0634. The molecule has 38 heavy (non-hydrogen) atoms. The lowest BCUT2D eigenvalue weighted by molar-refractivity contribution is 0.0949. The summed E-state index contributed by atoms with van der Waals surface area (Å²) in [5, 5.41) is 8.64. The summed E-state index contributed by atoms with van der Waals surface area (Å²) in [6, 6.07) is 31.8. The molecule has 0 aliphatic heterocycles. The van der Waals surface area contributed by atoms with Crippen molar-refractivity contribution >= 4 is 50.8 Å². The van der Waals surface area contributed by atoms with E-state index in [-0.39, 0.29) is 11.0 Å². The molecule has 0 aliphatic carbocycles. The lowest BCUT2D eigenvalue weighted by atomic mass is 10.1. The summed E-state index contributed by atoms with van der Waals surface area (Å²) in [4.78, 5) is 26.0. The maximum Gasteiger partial charge on any atom is 0.261 e. The van der Waals surface area contributed by atoms with Gasteiger partial charge in [-0.15, -0.1) is 0 Å². The van der Waals surface area contributed by atoms with E-state index in [0.717, 1.165) is 15.6 Å². The highest BCUT2D eigenvalue weighted by Gasteiger charge is 2.17. The van der Waals surface area contributed by atoms with Crippen molar-refractivity contribution in [3.63, 3.8) is 0 Å². The highest BCUT2D eigenvalue weighted by Crippen LogP contribution is 2.24.